The lowest BCUT2D eigenvalue weighted by atomic mass is 10.1. The van der Waals surface area contributed by atoms with Gasteiger partial charge in [0.1, 0.15) is 0 Å². The average molecular weight is 260 g/mol. The van der Waals surface area contributed by atoms with Crippen LogP contribution in [-0.4, -0.2) is 59.1 Å². The van der Waals surface area contributed by atoms with E-state index in [0.717, 1.165) is 44.2 Å². The second-order valence-electron chi connectivity index (χ2n) is 4.19. The third-order valence-electron chi connectivity index (χ3n) is 2.78. The van der Waals surface area contributed by atoms with Crippen molar-refractivity contribution in [3.8, 4) is 0 Å². The zero-order valence-corrected chi connectivity index (χ0v) is 11.0. The molecule has 6 heteroatoms. The van der Waals surface area contributed by atoms with Crippen LogP contribution in [0, 0.1) is 0 Å². The summed E-state index contributed by atoms with van der Waals surface area (Å²) in [5, 5.41) is 11.4. The molecule has 1 fully saturated rings. The molecule has 1 saturated heterocycles. The van der Waals surface area contributed by atoms with Crippen molar-refractivity contribution in [2.24, 2.45) is 0 Å². The van der Waals surface area contributed by atoms with E-state index in [-0.39, 0.29) is 23.5 Å². The van der Waals surface area contributed by atoms with Gasteiger partial charge < -0.3 is 15.3 Å². The van der Waals surface area contributed by atoms with E-state index in [1.807, 2.05) is 0 Å². The van der Waals surface area contributed by atoms with Crippen LogP contribution >= 0.6 is 11.8 Å². The molecule has 17 heavy (non-hydrogen) atoms. The first-order chi connectivity index (χ1) is 8.11. The molecular formula is C11H20N2O3S. The normalized spacial score (nSPS) is 21.1. The highest BCUT2D eigenvalue weighted by molar-refractivity contribution is 8.00. The van der Waals surface area contributed by atoms with E-state index in [1.54, 1.807) is 0 Å². The van der Waals surface area contributed by atoms with Crippen molar-refractivity contribution in [2.75, 3.05) is 31.1 Å². The summed E-state index contributed by atoms with van der Waals surface area (Å²) in [6, 6.07) is 0.224. The Morgan fingerprint density at radius 1 is 1.47 bits per heavy atom. The molecule has 1 aliphatic heterocycles. The third kappa shape index (κ3) is 5.93. The zero-order valence-electron chi connectivity index (χ0n) is 10.1. The Labute approximate surface area is 106 Å². The molecular weight excluding hydrogens is 240 g/mol. The number of nitrogens with one attached hydrogen (secondary N) is 1. The number of thioether (sulfide) groups is 1. The van der Waals surface area contributed by atoms with E-state index >= 15 is 0 Å². The monoisotopic (exact) mass is 260 g/mol. The van der Waals surface area contributed by atoms with E-state index in [4.69, 9.17) is 5.11 Å². The van der Waals surface area contributed by atoms with Crippen LogP contribution in [-0.2, 0) is 9.59 Å². The van der Waals surface area contributed by atoms with Crippen molar-refractivity contribution in [3.05, 3.63) is 0 Å². The van der Waals surface area contributed by atoms with Crippen LogP contribution in [0.25, 0.3) is 0 Å². The molecule has 0 spiro atoms. The Bertz CT molecular complexity index is 273. The number of amides is 1. The fourth-order valence-corrected chi connectivity index (χ4v) is 2.51. The van der Waals surface area contributed by atoms with Gasteiger partial charge in [-0.1, -0.05) is 6.92 Å². The molecule has 1 atom stereocenters. The number of carboxylic acid groups (broad SMARTS) is 1. The standard InChI is InChI=1S/C11H20N2O3S/c1-2-13-5-3-4-9(6-13)12-10(14)7-17-8-11(15)16/h9H,2-8H2,1H3,(H,12,14)(H,15,16). The van der Waals surface area contributed by atoms with E-state index in [1.165, 1.54) is 0 Å². The van der Waals surface area contributed by atoms with Gasteiger partial charge in [-0.15, -0.1) is 11.8 Å². The summed E-state index contributed by atoms with van der Waals surface area (Å²) >= 11 is 1.14. The van der Waals surface area contributed by atoms with Gasteiger partial charge in [-0.3, -0.25) is 9.59 Å². The average Bonchev–Trinajstić information content (AvgIpc) is 2.28. The Hall–Kier alpha value is -0.750. The fourth-order valence-electron chi connectivity index (χ4n) is 1.96. The van der Waals surface area contributed by atoms with Crippen LogP contribution in [0.1, 0.15) is 19.8 Å². The molecule has 0 aliphatic carbocycles. The van der Waals surface area contributed by atoms with Crippen molar-refractivity contribution in [1.29, 1.82) is 0 Å². The molecule has 1 heterocycles. The molecule has 1 aliphatic rings. The van der Waals surface area contributed by atoms with Crippen LogP contribution in [0.4, 0.5) is 0 Å². The first-order valence-corrected chi connectivity index (χ1v) is 7.08. The number of carboxylic acids is 1. The molecule has 0 bridgehead atoms. The van der Waals surface area contributed by atoms with Gasteiger partial charge in [0, 0.05) is 12.6 Å². The molecule has 0 aromatic heterocycles. The summed E-state index contributed by atoms with van der Waals surface area (Å²) in [7, 11) is 0. The van der Waals surface area contributed by atoms with Gasteiger partial charge in [0.2, 0.25) is 5.91 Å². The van der Waals surface area contributed by atoms with Crippen LogP contribution < -0.4 is 5.32 Å². The van der Waals surface area contributed by atoms with Crippen LogP contribution in [0.3, 0.4) is 0 Å². The van der Waals surface area contributed by atoms with E-state index in [0.29, 0.717) is 0 Å². The lowest BCUT2D eigenvalue weighted by Crippen LogP contribution is -2.48. The summed E-state index contributed by atoms with van der Waals surface area (Å²) in [4.78, 5) is 24.2. The number of piperidine rings is 1. The minimum atomic E-state index is -0.877. The summed E-state index contributed by atoms with van der Waals surface area (Å²) in [6.45, 7) is 5.15. The molecule has 0 radical (unpaired) electrons. The number of hydrogen-bond donors (Lipinski definition) is 2. The van der Waals surface area contributed by atoms with Crippen molar-refractivity contribution in [3.63, 3.8) is 0 Å². The smallest absolute Gasteiger partial charge is 0.313 e. The molecule has 0 saturated carbocycles. The molecule has 98 valence electrons. The number of carbonyl (C=O) groups excluding carboxylic acids is 1. The summed E-state index contributed by atoms with van der Waals surface area (Å²) < 4.78 is 0. The predicted molar refractivity (Wildman–Crippen MR) is 68.2 cm³/mol. The largest absolute Gasteiger partial charge is 0.481 e. The van der Waals surface area contributed by atoms with E-state index in [2.05, 4.69) is 17.1 Å². The fraction of sp³-hybridized carbons (Fsp3) is 0.818. The van der Waals surface area contributed by atoms with Crippen molar-refractivity contribution >= 4 is 23.6 Å². The first kappa shape index (κ1) is 14.3. The second-order valence-corrected chi connectivity index (χ2v) is 5.17. The van der Waals surface area contributed by atoms with Crippen molar-refractivity contribution < 1.29 is 14.7 Å². The highest BCUT2D eigenvalue weighted by Crippen LogP contribution is 2.09. The minimum absolute atomic E-state index is 0.0147. The quantitative estimate of drug-likeness (QED) is 0.723. The SMILES string of the molecule is CCN1CCCC(NC(=O)CSCC(=O)O)C1. The van der Waals surface area contributed by atoms with Crippen LogP contribution in [0.5, 0.6) is 0 Å². The minimum Gasteiger partial charge on any atom is -0.481 e. The Kier molecular flexibility index (Phi) is 6.36. The van der Waals surface area contributed by atoms with E-state index < -0.39 is 5.97 Å². The molecule has 0 aromatic rings. The molecule has 0 aromatic carbocycles. The van der Waals surface area contributed by atoms with Gasteiger partial charge in [-0.2, -0.15) is 0 Å². The van der Waals surface area contributed by atoms with Gasteiger partial charge in [-0.05, 0) is 25.9 Å². The third-order valence-corrected chi connectivity index (χ3v) is 3.69. The molecule has 1 amide bonds. The highest BCUT2D eigenvalue weighted by atomic mass is 32.2. The van der Waals surface area contributed by atoms with Gasteiger partial charge in [-0.25, -0.2) is 0 Å². The van der Waals surface area contributed by atoms with Crippen molar-refractivity contribution in [1.82, 2.24) is 10.2 Å². The van der Waals surface area contributed by atoms with Crippen LogP contribution in [0.2, 0.25) is 0 Å². The van der Waals surface area contributed by atoms with Gasteiger partial charge in [0.15, 0.2) is 0 Å². The summed E-state index contributed by atoms with van der Waals surface area (Å²) in [6.07, 6.45) is 2.13. The Morgan fingerprint density at radius 3 is 2.88 bits per heavy atom. The maximum Gasteiger partial charge on any atom is 0.313 e. The Morgan fingerprint density at radius 2 is 2.24 bits per heavy atom. The van der Waals surface area contributed by atoms with Gasteiger partial charge in [0.05, 0.1) is 11.5 Å². The predicted octanol–water partition coefficient (Wildman–Crippen LogP) is 0.405. The van der Waals surface area contributed by atoms with E-state index in [9.17, 15) is 9.59 Å². The summed E-state index contributed by atoms with van der Waals surface area (Å²) in [5.74, 6) is -0.717. The molecule has 1 unspecified atom stereocenters. The number of likely N-dealkylation sites (tertiary alicyclic amines) is 1. The lowest BCUT2D eigenvalue weighted by molar-refractivity contribution is -0.133. The first-order valence-electron chi connectivity index (χ1n) is 5.93. The lowest BCUT2D eigenvalue weighted by Gasteiger charge is -2.32. The Balaban J connectivity index is 2.19. The number of likely N-dealkylation sites (N-methyl/N-ethyl adjacent to an activating group) is 1. The maximum atomic E-state index is 11.5. The number of aliphatic carboxylic acids is 1. The van der Waals surface area contributed by atoms with Crippen molar-refractivity contribution in [2.45, 2.75) is 25.8 Å². The van der Waals surface area contributed by atoms with Crippen LogP contribution in [0.15, 0.2) is 0 Å². The second kappa shape index (κ2) is 7.55. The number of carbonyl (C=O) groups is 2. The number of nitrogens with zero attached hydrogens (tertiary/aromatic N) is 1. The molecule has 2 N–H and O–H groups in total. The summed E-state index contributed by atoms with van der Waals surface area (Å²) in [5.41, 5.74) is 0. The maximum absolute atomic E-state index is 11.5. The molecule has 5 nitrogen and oxygen atoms in total. The number of hydrogen-bond acceptors (Lipinski definition) is 4. The highest BCUT2D eigenvalue weighted by Gasteiger charge is 2.20. The van der Waals surface area contributed by atoms with Gasteiger partial charge in [0.25, 0.3) is 0 Å². The molecule has 1 rings (SSSR count). The zero-order chi connectivity index (χ0) is 12.7. The number of rotatable bonds is 6. The van der Waals surface area contributed by atoms with Gasteiger partial charge >= 0.3 is 5.97 Å². The topological polar surface area (TPSA) is 69.6 Å².